The highest BCUT2D eigenvalue weighted by atomic mass is 79.9. The van der Waals surface area contributed by atoms with Gasteiger partial charge in [-0.15, -0.1) is 5.10 Å². The molecule has 0 amide bonds. The number of sulfonamides is 1. The van der Waals surface area contributed by atoms with Gasteiger partial charge >= 0.3 is 0 Å². The van der Waals surface area contributed by atoms with Crippen molar-refractivity contribution in [1.29, 1.82) is 0 Å². The van der Waals surface area contributed by atoms with Crippen LogP contribution in [0.1, 0.15) is 0 Å². The molecule has 9 heteroatoms. The first-order valence-electron chi connectivity index (χ1n) is 4.24. The van der Waals surface area contributed by atoms with E-state index in [0.29, 0.717) is 14.5 Å². The number of aromatic nitrogens is 2. The lowest BCUT2D eigenvalue weighted by Crippen LogP contribution is -2.11. The maximum atomic E-state index is 11.9. The van der Waals surface area contributed by atoms with Gasteiger partial charge in [0.2, 0.25) is 0 Å². The van der Waals surface area contributed by atoms with Crippen molar-refractivity contribution in [3.63, 3.8) is 0 Å². The van der Waals surface area contributed by atoms with Crippen LogP contribution in [0.2, 0.25) is 5.02 Å². The lowest BCUT2D eigenvalue weighted by molar-refractivity contribution is 0.601. The van der Waals surface area contributed by atoms with Crippen LogP contribution in [0.3, 0.4) is 0 Å². The Morgan fingerprint density at radius 1 is 1.41 bits per heavy atom. The molecule has 2 rings (SSSR count). The Morgan fingerprint density at radius 2 is 2.18 bits per heavy atom. The van der Waals surface area contributed by atoms with E-state index in [0.717, 1.165) is 11.5 Å². The number of nitrogens with zero attached hydrogens (tertiary/aromatic N) is 2. The van der Waals surface area contributed by atoms with Gasteiger partial charge in [-0.05, 0) is 34.1 Å². The van der Waals surface area contributed by atoms with E-state index < -0.39 is 10.0 Å². The monoisotopic (exact) mass is 353 g/mol. The SMILES string of the molecule is O=S(=O)(Nc1cnns1)c1ccc(Cl)c(Br)c1. The molecular weight excluding hydrogens is 350 g/mol. The summed E-state index contributed by atoms with van der Waals surface area (Å²) in [5, 5.41) is 4.35. The molecule has 0 saturated heterocycles. The van der Waals surface area contributed by atoms with Gasteiger partial charge in [-0.25, -0.2) is 8.42 Å². The van der Waals surface area contributed by atoms with Crippen LogP contribution in [-0.2, 0) is 10.0 Å². The fraction of sp³-hybridized carbons (Fsp3) is 0. The minimum Gasteiger partial charge on any atom is -0.268 e. The first kappa shape index (κ1) is 12.7. The van der Waals surface area contributed by atoms with Crippen LogP contribution >= 0.6 is 39.1 Å². The minimum atomic E-state index is -3.63. The van der Waals surface area contributed by atoms with Gasteiger partial charge in [-0.3, -0.25) is 4.72 Å². The molecule has 1 aromatic heterocycles. The highest BCUT2D eigenvalue weighted by Crippen LogP contribution is 2.26. The van der Waals surface area contributed by atoms with Gasteiger partial charge in [-0.1, -0.05) is 16.1 Å². The molecule has 0 atom stereocenters. The van der Waals surface area contributed by atoms with Gasteiger partial charge in [0.15, 0.2) is 0 Å². The molecule has 0 saturated carbocycles. The first-order valence-corrected chi connectivity index (χ1v) is 7.67. The zero-order chi connectivity index (χ0) is 12.5. The van der Waals surface area contributed by atoms with Crippen molar-refractivity contribution in [2.45, 2.75) is 4.90 Å². The maximum Gasteiger partial charge on any atom is 0.262 e. The summed E-state index contributed by atoms with van der Waals surface area (Å²) in [5.74, 6) is 0. The zero-order valence-electron chi connectivity index (χ0n) is 8.09. The molecule has 17 heavy (non-hydrogen) atoms. The summed E-state index contributed by atoms with van der Waals surface area (Å²) in [7, 11) is -3.63. The number of hydrogen-bond donors (Lipinski definition) is 1. The third-order valence-corrected chi connectivity index (χ3v) is 5.08. The molecule has 0 aliphatic carbocycles. The molecule has 1 heterocycles. The number of halogens is 2. The Kier molecular flexibility index (Phi) is 3.67. The van der Waals surface area contributed by atoms with Crippen molar-refractivity contribution >= 4 is 54.1 Å². The Labute approximate surface area is 115 Å². The molecule has 0 aliphatic heterocycles. The standard InChI is InChI=1S/C8H5BrClN3O2S2/c9-6-3-5(1-2-7(6)10)17(14,15)12-8-4-11-13-16-8/h1-4,12H. The van der Waals surface area contributed by atoms with Crippen LogP contribution in [0.15, 0.2) is 33.8 Å². The second-order valence-corrected chi connectivity index (χ2v) is 6.69. The average molecular weight is 355 g/mol. The Hall–Kier alpha value is -0.700. The van der Waals surface area contributed by atoms with E-state index in [1.165, 1.54) is 24.4 Å². The number of hydrogen-bond acceptors (Lipinski definition) is 5. The summed E-state index contributed by atoms with van der Waals surface area (Å²) in [6.45, 7) is 0. The van der Waals surface area contributed by atoms with E-state index in [1.807, 2.05) is 0 Å². The normalized spacial score (nSPS) is 11.4. The smallest absolute Gasteiger partial charge is 0.262 e. The number of benzene rings is 1. The molecule has 1 aromatic carbocycles. The summed E-state index contributed by atoms with van der Waals surface area (Å²) in [6, 6.07) is 4.36. The summed E-state index contributed by atoms with van der Waals surface area (Å²) >= 11 is 9.93. The van der Waals surface area contributed by atoms with E-state index in [9.17, 15) is 8.42 Å². The van der Waals surface area contributed by atoms with Crippen LogP contribution in [0, 0.1) is 0 Å². The van der Waals surface area contributed by atoms with Crippen molar-refractivity contribution in [2.75, 3.05) is 4.72 Å². The van der Waals surface area contributed by atoms with Crippen molar-refractivity contribution < 1.29 is 8.42 Å². The summed E-state index contributed by atoms with van der Waals surface area (Å²) in [4.78, 5) is 0.113. The summed E-state index contributed by atoms with van der Waals surface area (Å²) < 4.78 is 30.3. The van der Waals surface area contributed by atoms with Crippen LogP contribution < -0.4 is 4.72 Å². The predicted octanol–water partition coefficient (Wildman–Crippen LogP) is 2.75. The van der Waals surface area contributed by atoms with Crippen molar-refractivity contribution in [2.24, 2.45) is 0 Å². The van der Waals surface area contributed by atoms with E-state index in [-0.39, 0.29) is 4.90 Å². The van der Waals surface area contributed by atoms with Crippen molar-refractivity contribution in [3.05, 3.63) is 33.9 Å². The van der Waals surface area contributed by atoms with Crippen LogP contribution in [0.4, 0.5) is 5.00 Å². The van der Waals surface area contributed by atoms with Gasteiger partial charge in [-0.2, -0.15) is 0 Å². The second-order valence-electron chi connectivity index (χ2n) is 2.96. The van der Waals surface area contributed by atoms with Crippen LogP contribution in [0.25, 0.3) is 0 Å². The van der Waals surface area contributed by atoms with Gasteiger partial charge in [0.1, 0.15) is 5.00 Å². The largest absolute Gasteiger partial charge is 0.268 e. The molecule has 0 spiro atoms. The summed E-state index contributed by atoms with van der Waals surface area (Å²) in [5.41, 5.74) is 0. The fourth-order valence-corrected chi connectivity index (χ4v) is 3.41. The molecule has 0 radical (unpaired) electrons. The molecule has 1 N–H and O–H groups in total. The highest BCUT2D eigenvalue weighted by Gasteiger charge is 2.16. The molecule has 5 nitrogen and oxygen atoms in total. The number of nitrogens with one attached hydrogen (secondary N) is 1. The Bertz CT molecular complexity index is 630. The zero-order valence-corrected chi connectivity index (χ0v) is 12.1. The molecule has 2 aromatic rings. The third-order valence-electron chi connectivity index (χ3n) is 1.80. The Morgan fingerprint density at radius 3 is 2.76 bits per heavy atom. The summed E-state index contributed by atoms with van der Waals surface area (Å²) in [6.07, 6.45) is 1.34. The number of rotatable bonds is 3. The Balaban J connectivity index is 2.35. The molecule has 0 fully saturated rings. The topological polar surface area (TPSA) is 72.0 Å². The van der Waals surface area contributed by atoms with E-state index in [1.54, 1.807) is 0 Å². The second kappa shape index (κ2) is 4.89. The van der Waals surface area contributed by atoms with Crippen LogP contribution in [0.5, 0.6) is 0 Å². The third kappa shape index (κ3) is 2.95. The highest BCUT2D eigenvalue weighted by molar-refractivity contribution is 9.10. The molecule has 90 valence electrons. The van der Waals surface area contributed by atoms with Gasteiger partial charge < -0.3 is 0 Å². The van der Waals surface area contributed by atoms with Crippen molar-refractivity contribution in [1.82, 2.24) is 9.59 Å². The van der Waals surface area contributed by atoms with Crippen molar-refractivity contribution in [3.8, 4) is 0 Å². The number of anilines is 1. The lowest BCUT2D eigenvalue weighted by Gasteiger charge is -2.05. The lowest BCUT2D eigenvalue weighted by atomic mass is 10.4. The quantitative estimate of drug-likeness (QED) is 0.920. The molecule has 0 bridgehead atoms. The van der Waals surface area contributed by atoms with Gasteiger partial charge in [0, 0.05) is 16.0 Å². The predicted molar refractivity (Wildman–Crippen MR) is 69.9 cm³/mol. The average Bonchev–Trinajstić information content (AvgIpc) is 2.73. The first-order chi connectivity index (χ1) is 7.99. The van der Waals surface area contributed by atoms with E-state index in [2.05, 4.69) is 30.2 Å². The van der Waals surface area contributed by atoms with E-state index >= 15 is 0 Å². The molecular formula is C8H5BrClN3O2S2. The molecule has 0 unspecified atom stereocenters. The van der Waals surface area contributed by atoms with E-state index in [4.69, 9.17) is 11.6 Å². The fourth-order valence-electron chi connectivity index (χ4n) is 1.05. The molecule has 0 aliphatic rings. The van der Waals surface area contributed by atoms with Crippen LogP contribution in [-0.4, -0.2) is 18.0 Å². The van der Waals surface area contributed by atoms with Gasteiger partial charge in [0.05, 0.1) is 16.1 Å². The minimum absolute atomic E-state index is 0.113. The maximum absolute atomic E-state index is 11.9. The van der Waals surface area contributed by atoms with Gasteiger partial charge in [0.25, 0.3) is 10.0 Å².